The van der Waals surface area contributed by atoms with Gasteiger partial charge in [0.2, 0.25) is 0 Å². The van der Waals surface area contributed by atoms with Gasteiger partial charge in [-0.25, -0.2) is 0 Å². The van der Waals surface area contributed by atoms with E-state index in [-0.39, 0.29) is 0 Å². The summed E-state index contributed by atoms with van der Waals surface area (Å²) >= 11 is 2.08. The van der Waals surface area contributed by atoms with E-state index in [2.05, 4.69) is 51.7 Å². The summed E-state index contributed by atoms with van der Waals surface area (Å²) in [7, 11) is 0. The van der Waals surface area contributed by atoms with Crippen LogP contribution in [-0.4, -0.2) is 23.6 Å². The first kappa shape index (κ1) is 15.3. The van der Waals surface area contributed by atoms with Crippen molar-refractivity contribution in [2.24, 2.45) is 5.92 Å². The molecule has 0 aromatic heterocycles. The molecule has 0 bridgehead atoms. The molecule has 0 aromatic carbocycles. The summed E-state index contributed by atoms with van der Waals surface area (Å²) in [4.78, 5) is 0. The van der Waals surface area contributed by atoms with Crippen LogP contribution in [0.3, 0.4) is 0 Å². The summed E-state index contributed by atoms with van der Waals surface area (Å²) in [6.07, 6.45) is 4.02. The van der Waals surface area contributed by atoms with Crippen molar-refractivity contribution in [2.45, 2.75) is 65.2 Å². The highest BCUT2D eigenvalue weighted by molar-refractivity contribution is 7.99. The van der Waals surface area contributed by atoms with Crippen LogP contribution in [0.5, 0.6) is 0 Å². The number of hydrogen-bond donors (Lipinski definition) is 1. The Morgan fingerprint density at radius 3 is 2.27 bits per heavy atom. The average molecular weight is 231 g/mol. The Morgan fingerprint density at radius 1 is 1.13 bits per heavy atom. The summed E-state index contributed by atoms with van der Waals surface area (Å²) in [5.74, 6) is 2.13. The molecule has 0 spiro atoms. The van der Waals surface area contributed by atoms with Crippen LogP contribution in [0, 0.1) is 5.92 Å². The van der Waals surface area contributed by atoms with Crippen LogP contribution in [0.15, 0.2) is 0 Å². The molecule has 2 atom stereocenters. The monoisotopic (exact) mass is 231 g/mol. The summed E-state index contributed by atoms with van der Waals surface area (Å²) < 4.78 is 0. The maximum absolute atomic E-state index is 3.61. The van der Waals surface area contributed by atoms with E-state index < -0.39 is 0 Å². The molecule has 2 heteroatoms. The predicted octanol–water partition coefficient (Wildman–Crippen LogP) is 3.93. The van der Waals surface area contributed by atoms with E-state index >= 15 is 0 Å². The highest BCUT2D eigenvalue weighted by atomic mass is 32.2. The van der Waals surface area contributed by atoms with E-state index in [4.69, 9.17) is 0 Å². The highest BCUT2D eigenvalue weighted by Gasteiger charge is 2.12. The van der Waals surface area contributed by atoms with Crippen molar-refractivity contribution in [3.8, 4) is 0 Å². The minimum atomic E-state index is 0.712. The van der Waals surface area contributed by atoms with E-state index in [0.29, 0.717) is 6.04 Å². The molecule has 2 unspecified atom stereocenters. The van der Waals surface area contributed by atoms with Crippen LogP contribution < -0.4 is 5.32 Å². The van der Waals surface area contributed by atoms with Crippen LogP contribution in [0.2, 0.25) is 0 Å². The molecule has 0 fully saturated rings. The second-order valence-electron chi connectivity index (χ2n) is 4.77. The van der Waals surface area contributed by atoms with Crippen molar-refractivity contribution in [3.05, 3.63) is 0 Å². The van der Waals surface area contributed by atoms with Crippen molar-refractivity contribution < 1.29 is 0 Å². The molecule has 15 heavy (non-hydrogen) atoms. The van der Waals surface area contributed by atoms with E-state index in [1.165, 1.54) is 25.0 Å². The summed E-state index contributed by atoms with van der Waals surface area (Å²) in [6, 6.07) is 0.712. The Bertz CT molecular complexity index is 136. The van der Waals surface area contributed by atoms with Crippen molar-refractivity contribution in [1.82, 2.24) is 5.32 Å². The van der Waals surface area contributed by atoms with Crippen LogP contribution >= 0.6 is 11.8 Å². The van der Waals surface area contributed by atoms with Gasteiger partial charge in [-0.15, -0.1) is 0 Å². The normalized spacial score (nSPS) is 15.6. The second kappa shape index (κ2) is 9.53. The van der Waals surface area contributed by atoms with E-state index in [0.717, 1.165) is 17.7 Å². The van der Waals surface area contributed by atoms with Crippen molar-refractivity contribution in [2.75, 3.05) is 12.3 Å². The summed E-state index contributed by atoms with van der Waals surface area (Å²) in [6.45, 7) is 12.5. The molecule has 0 saturated heterocycles. The molecule has 0 aliphatic heterocycles. The lowest BCUT2D eigenvalue weighted by Gasteiger charge is -2.22. The molecule has 1 N–H and O–H groups in total. The maximum atomic E-state index is 3.61. The zero-order chi connectivity index (χ0) is 11.7. The Kier molecular flexibility index (Phi) is 9.73. The van der Waals surface area contributed by atoms with E-state index in [1.54, 1.807) is 0 Å². The quantitative estimate of drug-likeness (QED) is 0.645. The molecule has 0 rings (SSSR count). The molecule has 0 heterocycles. The van der Waals surface area contributed by atoms with Gasteiger partial charge in [-0.3, -0.25) is 0 Å². The highest BCUT2D eigenvalue weighted by Crippen LogP contribution is 2.17. The second-order valence-corrected chi connectivity index (χ2v) is 6.38. The first-order chi connectivity index (χ1) is 7.10. The van der Waals surface area contributed by atoms with E-state index in [1.807, 2.05) is 0 Å². The molecular formula is C13H29NS. The first-order valence-electron chi connectivity index (χ1n) is 6.45. The lowest BCUT2D eigenvalue weighted by Crippen LogP contribution is -2.33. The average Bonchev–Trinajstić information content (AvgIpc) is 2.15. The largest absolute Gasteiger partial charge is 0.313 e. The summed E-state index contributed by atoms with van der Waals surface area (Å²) in [5, 5.41) is 4.36. The van der Waals surface area contributed by atoms with Gasteiger partial charge in [0.25, 0.3) is 0 Å². The number of hydrogen-bond acceptors (Lipinski definition) is 2. The summed E-state index contributed by atoms with van der Waals surface area (Å²) in [5.41, 5.74) is 0. The molecule has 92 valence electrons. The third-order valence-corrected chi connectivity index (χ3v) is 3.85. The molecule has 0 aromatic rings. The first-order valence-corrected chi connectivity index (χ1v) is 7.49. The third-order valence-electron chi connectivity index (χ3n) is 2.59. The zero-order valence-electron chi connectivity index (χ0n) is 11.2. The van der Waals surface area contributed by atoms with Gasteiger partial charge in [-0.1, -0.05) is 47.5 Å². The number of thioether (sulfide) groups is 1. The van der Waals surface area contributed by atoms with Crippen LogP contribution in [-0.2, 0) is 0 Å². The smallest absolute Gasteiger partial charge is 0.0160 e. The topological polar surface area (TPSA) is 12.0 Å². The standard InChI is InChI=1S/C13H29NS/c1-6-8-12(5)9-13(14-7-2)10-15-11(3)4/h11-14H,6-10H2,1-5H3. The fourth-order valence-corrected chi connectivity index (χ4v) is 2.78. The van der Waals surface area contributed by atoms with Gasteiger partial charge < -0.3 is 5.32 Å². The minimum Gasteiger partial charge on any atom is -0.313 e. The molecule has 0 aliphatic rings. The van der Waals surface area contributed by atoms with Gasteiger partial charge in [0, 0.05) is 11.8 Å². The minimum absolute atomic E-state index is 0.712. The van der Waals surface area contributed by atoms with Crippen LogP contribution in [0.25, 0.3) is 0 Å². The van der Waals surface area contributed by atoms with Crippen LogP contribution in [0.1, 0.15) is 53.9 Å². The SMILES string of the molecule is CCCC(C)CC(CSC(C)C)NCC. The Labute approximate surface area is 101 Å². The Hall–Kier alpha value is 0.310. The van der Waals surface area contributed by atoms with Gasteiger partial charge in [0.1, 0.15) is 0 Å². The van der Waals surface area contributed by atoms with Crippen LogP contribution in [0.4, 0.5) is 0 Å². The van der Waals surface area contributed by atoms with Gasteiger partial charge in [0.05, 0.1) is 0 Å². The Balaban J connectivity index is 3.80. The third kappa shape index (κ3) is 9.25. The molecule has 0 saturated carbocycles. The maximum Gasteiger partial charge on any atom is 0.0160 e. The van der Waals surface area contributed by atoms with Gasteiger partial charge >= 0.3 is 0 Å². The molecule has 1 nitrogen and oxygen atoms in total. The zero-order valence-corrected chi connectivity index (χ0v) is 12.0. The lowest BCUT2D eigenvalue weighted by atomic mass is 9.98. The van der Waals surface area contributed by atoms with Gasteiger partial charge in [-0.05, 0) is 24.1 Å². The van der Waals surface area contributed by atoms with Crippen molar-refractivity contribution in [3.63, 3.8) is 0 Å². The molecule has 0 amide bonds. The van der Waals surface area contributed by atoms with Gasteiger partial charge in [0.15, 0.2) is 0 Å². The van der Waals surface area contributed by atoms with Crippen molar-refractivity contribution >= 4 is 11.8 Å². The molecular weight excluding hydrogens is 202 g/mol. The van der Waals surface area contributed by atoms with Gasteiger partial charge in [-0.2, -0.15) is 11.8 Å². The molecule has 0 aliphatic carbocycles. The lowest BCUT2D eigenvalue weighted by molar-refractivity contribution is 0.409. The predicted molar refractivity (Wildman–Crippen MR) is 73.7 cm³/mol. The van der Waals surface area contributed by atoms with E-state index in [9.17, 15) is 0 Å². The fraction of sp³-hybridized carbons (Fsp3) is 1.00. The number of nitrogens with one attached hydrogen (secondary N) is 1. The molecule has 0 radical (unpaired) electrons. The Morgan fingerprint density at radius 2 is 1.80 bits per heavy atom. The van der Waals surface area contributed by atoms with Crippen molar-refractivity contribution in [1.29, 1.82) is 0 Å². The number of rotatable bonds is 9. The fourth-order valence-electron chi connectivity index (χ4n) is 1.90.